The van der Waals surface area contributed by atoms with E-state index in [0.717, 1.165) is 31.0 Å². The molecule has 0 fully saturated rings. The lowest BCUT2D eigenvalue weighted by molar-refractivity contribution is 0.165. The van der Waals surface area contributed by atoms with Gasteiger partial charge in [0.15, 0.2) is 0 Å². The average molecular weight is 248 g/mol. The van der Waals surface area contributed by atoms with E-state index in [4.69, 9.17) is 0 Å². The van der Waals surface area contributed by atoms with Crippen LogP contribution in [0.4, 0.5) is 0 Å². The van der Waals surface area contributed by atoms with Gasteiger partial charge in [-0.15, -0.1) is 0 Å². The second-order valence-electron chi connectivity index (χ2n) is 4.36. The Morgan fingerprint density at radius 1 is 1.33 bits per heavy atom. The molecule has 0 aliphatic rings. The SMILES string of the molecule is CCCn1ccnc1CC(O)c1cncn1CC. The van der Waals surface area contributed by atoms with Crippen LogP contribution in [0.15, 0.2) is 24.9 Å². The zero-order valence-corrected chi connectivity index (χ0v) is 11.0. The summed E-state index contributed by atoms with van der Waals surface area (Å²) in [7, 11) is 0. The zero-order chi connectivity index (χ0) is 13.0. The van der Waals surface area contributed by atoms with Crippen LogP contribution in [0.3, 0.4) is 0 Å². The molecule has 0 amide bonds. The van der Waals surface area contributed by atoms with Crippen LogP contribution in [0.1, 0.15) is 37.9 Å². The molecule has 2 rings (SSSR count). The summed E-state index contributed by atoms with van der Waals surface area (Å²) in [6.07, 6.45) is 8.26. The van der Waals surface area contributed by atoms with Gasteiger partial charge in [0.25, 0.3) is 0 Å². The third kappa shape index (κ3) is 2.61. The van der Waals surface area contributed by atoms with Crippen LogP contribution < -0.4 is 0 Å². The summed E-state index contributed by atoms with van der Waals surface area (Å²) in [6, 6.07) is 0. The molecule has 0 aliphatic heterocycles. The van der Waals surface area contributed by atoms with Crippen molar-refractivity contribution in [2.24, 2.45) is 0 Å². The van der Waals surface area contributed by atoms with Crippen LogP contribution >= 0.6 is 0 Å². The number of aromatic nitrogens is 4. The van der Waals surface area contributed by atoms with Crippen molar-refractivity contribution in [1.82, 2.24) is 19.1 Å². The van der Waals surface area contributed by atoms with Crippen molar-refractivity contribution in [2.45, 2.75) is 45.9 Å². The van der Waals surface area contributed by atoms with Gasteiger partial charge in [-0.2, -0.15) is 0 Å². The highest BCUT2D eigenvalue weighted by Crippen LogP contribution is 2.17. The molecule has 5 nitrogen and oxygen atoms in total. The van der Waals surface area contributed by atoms with Crippen molar-refractivity contribution < 1.29 is 5.11 Å². The molecule has 0 bridgehead atoms. The molecule has 1 N–H and O–H groups in total. The number of aliphatic hydroxyl groups excluding tert-OH is 1. The minimum atomic E-state index is -0.551. The third-order valence-corrected chi connectivity index (χ3v) is 3.07. The van der Waals surface area contributed by atoms with Crippen LogP contribution in [-0.2, 0) is 19.5 Å². The number of hydrogen-bond acceptors (Lipinski definition) is 3. The summed E-state index contributed by atoms with van der Waals surface area (Å²) in [5.74, 6) is 0.924. The van der Waals surface area contributed by atoms with Gasteiger partial charge >= 0.3 is 0 Å². The largest absolute Gasteiger partial charge is 0.386 e. The van der Waals surface area contributed by atoms with E-state index >= 15 is 0 Å². The summed E-state index contributed by atoms with van der Waals surface area (Å²) < 4.78 is 4.05. The van der Waals surface area contributed by atoms with E-state index in [1.54, 1.807) is 18.7 Å². The molecule has 18 heavy (non-hydrogen) atoms. The quantitative estimate of drug-likeness (QED) is 0.848. The Balaban J connectivity index is 2.11. The molecular weight excluding hydrogens is 228 g/mol. The predicted octanol–water partition coefficient (Wildman–Crippen LogP) is 1.79. The highest BCUT2D eigenvalue weighted by molar-refractivity contribution is 5.06. The fourth-order valence-electron chi connectivity index (χ4n) is 2.12. The molecule has 0 saturated heterocycles. The molecule has 0 saturated carbocycles. The fourth-order valence-corrected chi connectivity index (χ4v) is 2.12. The lowest BCUT2D eigenvalue weighted by Gasteiger charge is -2.13. The highest BCUT2D eigenvalue weighted by Gasteiger charge is 2.15. The van der Waals surface area contributed by atoms with E-state index in [2.05, 4.69) is 21.5 Å². The predicted molar refractivity (Wildman–Crippen MR) is 69.1 cm³/mol. The Hall–Kier alpha value is -1.62. The van der Waals surface area contributed by atoms with Crippen LogP contribution in [0.2, 0.25) is 0 Å². The van der Waals surface area contributed by atoms with Gasteiger partial charge in [0, 0.05) is 31.9 Å². The topological polar surface area (TPSA) is 55.9 Å². The summed E-state index contributed by atoms with van der Waals surface area (Å²) >= 11 is 0. The molecular formula is C13H20N4O. The molecule has 1 unspecified atom stereocenters. The van der Waals surface area contributed by atoms with E-state index in [-0.39, 0.29) is 0 Å². The van der Waals surface area contributed by atoms with Crippen LogP contribution in [0, 0.1) is 0 Å². The summed E-state index contributed by atoms with van der Waals surface area (Å²) in [6.45, 7) is 5.92. The number of nitrogens with zero attached hydrogens (tertiary/aromatic N) is 4. The van der Waals surface area contributed by atoms with Gasteiger partial charge in [-0.05, 0) is 13.3 Å². The molecule has 0 aliphatic carbocycles. The van der Waals surface area contributed by atoms with Crippen molar-refractivity contribution >= 4 is 0 Å². The van der Waals surface area contributed by atoms with Crippen LogP contribution in [0.5, 0.6) is 0 Å². The average Bonchev–Trinajstić information content (AvgIpc) is 2.98. The molecule has 0 aromatic carbocycles. The van der Waals surface area contributed by atoms with Crippen molar-refractivity contribution in [3.8, 4) is 0 Å². The first-order valence-corrected chi connectivity index (χ1v) is 6.44. The van der Waals surface area contributed by atoms with Gasteiger partial charge in [-0.3, -0.25) is 0 Å². The van der Waals surface area contributed by atoms with Gasteiger partial charge < -0.3 is 14.2 Å². The molecule has 0 radical (unpaired) electrons. The monoisotopic (exact) mass is 248 g/mol. The van der Waals surface area contributed by atoms with E-state index in [0.29, 0.717) is 6.42 Å². The molecule has 0 spiro atoms. The zero-order valence-electron chi connectivity index (χ0n) is 11.0. The number of rotatable bonds is 6. The minimum absolute atomic E-state index is 0.526. The second kappa shape index (κ2) is 5.82. The molecule has 98 valence electrons. The minimum Gasteiger partial charge on any atom is -0.386 e. The van der Waals surface area contributed by atoms with Crippen molar-refractivity contribution in [3.63, 3.8) is 0 Å². The lowest BCUT2D eigenvalue weighted by Crippen LogP contribution is -2.12. The number of imidazole rings is 2. The Kier molecular flexibility index (Phi) is 4.15. The molecule has 2 aromatic heterocycles. The summed E-state index contributed by atoms with van der Waals surface area (Å²) in [5, 5.41) is 10.3. The van der Waals surface area contributed by atoms with Gasteiger partial charge in [0.2, 0.25) is 0 Å². The first-order chi connectivity index (χ1) is 8.76. The molecule has 5 heteroatoms. The Bertz CT molecular complexity index is 489. The highest BCUT2D eigenvalue weighted by atomic mass is 16.3. The van der Waals surface area contributed by atoms with Gasteiger partial charge in [-0.1, -0.05) is 6.92 Å². The number of hydrogen-bond donors (Lipinski definition) is 1. The summed E-state index contributed by atoms with van der Waals surface area (Å²) in [4.78, 5) is 8.39. The van der Waals surface area contributed by atoms with Crippen molar-refractivity contribution in [3.05, 3.63) is 36.4 Å². The van der Waals surface area contributed by atoms with Crippen molar-refractivity contribution in [2.75, 3.05) is 0 Å². The Morgan fingerprint density at radius 2 is 2.17 bits per heavy atom. The Labute approximate surface area is 107 Å². The third-order valence-electron chi connectivity index (χ3n) is 3.07. The summed E-state index contributed by atoms with van der Waals surface area (Å²) in [5.41, 5.74) is 0.851. The van der Waals surface area contributed by atoms with E-state index < -0.39 is 6.10 Å². The first kappa shape index (κ1) is 12.8. The van der Waals surface area contributed by atoms with E-state index in [9.17, 15) is 5.11 Å². The second-order valence-corrected chi connectivity index (χ2v) is 4.36. The molecule has 1 atom stereocenters. The van der Waals surface area contributed by atoms with Gasteiger partial charge in [-0.25, -0.2) is 9.97 Å². The smallest absolute Gasteiger partial charge is 0.111 e. The van der Waals surface area contributed by atoms with E-state index in [1.165, 1.54) is 0 Å². The van der Waals surface area contributed by atoms with E-state index in [1.807, 2.05) is 17.7 Å². The standard InChI is InChI=1S/C13H20N4O/c1-3-6-17-7-5-15-13(17)8-12(18)11-9-14-10-16(11)4-2/h5,7,9-10,12,18H,3-4,6,8H2,1-2H3. The maximum Gasteiger partial charge on any atom is 0.111 e. The molecule has 2 heterocycles. The number of aliphatic hydroxyl groups is 1. The van der Waals surface area contributed by atoms with Crippen LogP contribution in [0.25, 0.3) is 0 Å². The maximum absolute atomic E-state index is 10.3. The van der Waals surface area contributed by atoms with Crippen molar-refractivity contribution in [1.29, 1.82) is 0 Å². The lowest BCUT2D eigenvalue weighted by atomic mass is 10.2. The Morgan fingerprint density at radius 3 is 2.89 bits per heavy atom. The van der Waals surface area contributed by atoms with Gasteiger partial charge in [0.05, 0.1) is 18.2 Å². The van der Waals surface area contributed by atoms with Gasteiger partial charge in [0.1, 0.15) is 11.9 Å². The van der Waals surface area contributed by atoms with Crippen LogP contribution in [-0.4, -0.2) is 24.2 Å². The first-order valence-electron chi connectivity index (χ1n) is 6.44. The maximum atomic E-state index is 10.3. The normalized spacial score (nSPS) is 12.8. The molecule has 2 aromatic rings. The fraction of sp³-hybridized carbons (Fsp3) is 0.538. The number of aryl methyl sites for hydroxylation is 2.